The quantitative estimate of drug-likeness (QED) is 0.546. The zero-order chi connectivity index (χ0) is 22.3. The van der Waals surface area contributed by atoms with Gasteiger partial charge in [0.2, 0.25) is 15.9 Å². The van der Waals surface area contributed by atoms with Gasteiger partial charge in [-0.1, -0.05) is 18.2 Å². The Hall–Kier alpha value is -3.46. The molecule has 0 radical (unpaired) electrons. The fraction of sp³-hybridized carbons (Fsp3) is 0.227. The van der Waals surface area contributed by atoms with Gasteiger partial charge in [-0.2, -0.15) is 0 Å². The summed E-state index contributed by atoms with van der Waals surface area (Å²) in [5, 5.41) is 0. The summed E-state index contributed by atoms with van der Waals surface area (Å²) in [5.41, 5.74) is 2.29. The molecule has 0 saturated carbocycles. The first-order valence-electron chi connectivity index (χ1n) is 9.64. The number of benzene rings is 1. The highest BCUT2D eigenvalue weighted by Gasteiger charge is 2.08. The molecule has 9 heteroatoms. The number of amides is 1. The average molecular weight is 442 g/mol. The summed E-state index contributed by atoms with van der Waals surface area (Å²) in [6.07, 6.45) is 4.67. The first-order chi connectivity index (χ1) is 14.8. The Morgan fingerprint density at radius 1 is 1.10 bits per heavy atom. The molecular formula is C22H23N3O5S. The van der Waals surface area contributed by atoms with Gasteiger partial charge in [0, 0.05) is 31.4 Å². The Bertz CT molecular complexity index is 1190. The molecule has 8 nitrogen and oxygen atoms in total. The second-order valence-corrected chi connectivity index (χ2v) is 8.73. The minimum Gasteiger partial charge on any atom is -0.487 e. The highest BCUT2D eigenvalue weighted by Crippen LogP contribution is 2.21. The lowest BCUT2D eigenvalue weighted by molar-refractivity contribution is -0.119. The van der Waals surface area contributed by atoms with Crippen LogP contribution in [0.1, 0.15) is 18.5 Å². The molecule has 2 aromatic heterocycles. The fourth-order valence-corrected chi connectivity index (χ4v) is 3.44. The monoisotopic (exact) mass is 441 g/mol. The molecule has 0 atom stereocenters. The molecule has 0 fully saturated rings. The van der Waals surface area contributed by atoms with E-state index in [0.29, 0.717) is 25.3 Å². The van der Waals surface area contributed by atoms with Gasteiger partial charge in [0.25, 0.3) is 5.56 Å². The van der Waals surface area contributed by atoms with E-state index in [1.807, 2.05) is 53.3 Å². The number of hydrogen-bond donors (Lipinski definition) is 1. The number of carbonyl (C=O) groups is 1. The molecule has 1 aromatic carbocycles. The van der Waals surface area contributed by atoms with Crippen molar-refractivity contribution in [3.63, 3.8) is 0 Å². The molecule has 0 aliphatic rings. The van der Waals surface area contributed by atoms with Crippen LogP contribution >= 0.6 is 0 Å². The topological polar surface area (TPSA) is 107 Å². The molecule has 3 rings (SSSR count). The molecule has 3 aromatic rings. The summed E-state index contributed by atoms with van der Waals surface area (Å²) >= 11 is 0. The van der Waals surface area contributed by atoms with Crippen molar-refractivity contribution in [3.8, 4) is 16.9 Å². The molecule has 1 N–H and O–H groups in total. The van der Waals surface area contributed by atoms with Crippen molar-refractivity contribution in [1.82, 2.24) is 14.3 Å². The van der Waals surface area contributed by atoms with Crippen LogP contribution in [0.5, 0.6) is 5.75 Å². The van der Waals surface area contributed by atoms with E-state index in [2.05, 4.69) is 4.98 Å². The Labute approximate surface area is 180 Å². The summed E-state index contributed by atoms with van der Waals surface area (Å²) in [6, 6.07) is 16.4. The van der Waals surface area contributed by atoms with E-state index in [1.54, 1.807) is 12.4 Å². The van der Waals surface area contributed by atoms with E-state index >= 15 is 0 Å². The van der Waals surface area contributed by atoms with Gasteiger partial charge >= 0.3 is 0 Å². The second-order valence-electron chi connectivity index (χ2n) is 6.98. The third kappa shape index (κ3) is 7.07. The number of rotatable bonds is 9. The van der Waals surface area contributed by atoms with Gasteiger partial charge in [0.05, 0.1) is 11.9 Å². The van der Waals surface area contributed by atoms with E-state index in [1.165, 1.54) is 10.6 Å². The van der Waals surface area contributed by atoms with Crippen molar-refractivity contribution in [3.05, 3.63) is 83.0 Å². The first-order valence-corrected chi connectivity index (χ1v) is 11.5. The van der Waals surface area contributed by atoms with E-state index in [4.69, 9.17) is 4.74 Å². The zero-order valence-electron chi connectivity index (χ0n) is 17.0. The standard InChI is InChI=1S/C22H23N3O5S/c1-31(28,29)24-21(26)6-4-13-25-14-11-18(15-22(25)27)17-7-9-20(10-8-17)30-16-19-5-2-3-12-23-19/h2-3,5,7-12,14-15H,4,6,13,16H2,1H3,(H,24,26). The van der Waals surface area contributed by atoms with Gasteiger partial charge in [0.15, 0.2) is 0 Å². The Morgan fingerprint density at radius 2 is 1.87 bits per heavy atom. The number of nitrogens with one attached hydrogen (secondary N) is 1. The predicted molar refractivity (Wildman–Crippen MR) is 117 cm³/mol. The van der Waals surface area contributed by atoms with Crippen molar-refractivity contribution < 1.29 is 17.9 Å². The number of carbonyl (C=O) groups excluding carboxylic acids is 1. The number of pyridine rings is 2. The maximum atomic E-state index is 12.4. The zero-order valence-corrected chi connectivity index (χ0v) is 17.8. The molecule has 2 heterocycles. The van der Waals surface area contributed by atoms with Gasteiger partial charge in [-0.05, 0) is 47.9 Å². The average Bonchev–Trinajstić information content (AvgIpc) is 2.73. The smallest absolute Gasteiger partial charge is 0.251 e. The molecule has 0 aliphatic heterocycles. The molecular weight excluding hydrogens is 418 g/mol. The van der Waals surface area contributed by atoms with Crippen LogP contribution in [-0.2, 0) is 28.0 Å². The SMILES string of the molecule is CS(=O)(=O)NC(=O)CCCn1ccc(-c2ccc(OCc3ccccn3)cc2)cc1=O. The lowest BCUT2D eigenvalue weighted by Gasteiger charge is -2.09. The van der Waals surface area contributed by atoms with Crippen molar-refractivity contribution in [2.75, 3.05) is 6.26 Å². The Kier molecular flexibility index (Phi) is 7.19. The van der Waals surface area contributed by atoms with Crippen LogP contribution in [0.2, 0.25) is 0 Å². The summed E-state index contributed by atoms with van der Waals surface area (Å²) in [4.78, 5) is 28.1. The molecule has 31 heavy (non-hydrogen) atoms. The number of ether oxygens (including phenoxy) is 1. The lowest BCUT2D eigenvalue weighted by atomic mass is 10.1. The van der Waals surface area contributed by atoms with Crippen molar-refractivity contribution in [1.29, 1.82) is 0 Å². The number of sulfonamides is 1. The molecule has 0 unspecified atom stereocenters. The van der Waals surface area contributed by atoms with Crippen LogP contribution in [0, 0.1) is 0 Å². The Morgan fingerprint density at radius 3 is 2.52 bits per heavy atom. The summed E-state index contributed by atoms with van der Waals surface area (Å²) < 4.78 is 31.2. The molecule has 162 valence electrons. The van der Waals surface area contributed by atoms with Crippen molar-refractivity contribution in [2.24, 2.45) is 0 Å². The van der Waals surface area contributed by atoms with Gasteiger partial charge < -0.3 is 9.30 Å². The van der Waals surface area contributed by atoms with Crippen LogP contribution in [0.25, 0.3) is 11.1 Å². The minimum absolute atomic E-state index is 0.0151. The number of aryl methyl sites for hydroxylation is 1. The first kappa shape index (κ1) is 22.2. The van der Waals surface area contributed by atoms with Crippen LogP contribution in [0.3, 0.4) is 0 Å². The van der Waals surface area contributed by atoms with E-state index < -0.39 is 15.9 Å². The largest absolute Gasteiger partial charge is 0.487 e. The van der Waals surface area contributed by atoms with Crippen molar-refractivity contribution in [2.45, 2.75) is 26.0 Å². The summed E-state index contributed by atoms with van der Waals surface area (Å²) in [6.45, 7) is 0.690. The minimum atomic E-state index is -3.56. The molecule has 0 aliphatic carbocycles. The molecule has 1 amide bonds. The summed E-state index contributed by atoms with van der Waals surface area (Å²) in [7, 11) is -3.56. The lowest BCUT2D eigenvalue weighted by Crippen LogP contribution is -2.29. The van der Waals surface area contributed by atoms with E-state index in [-0.39, 0.29) is 12.0 Å². The maximum Gasteiger partial charge on any atom is 0.251 e. The van der Waals surface area contributed by atoms with Crippen LogP contribution in [0.15, 0.2) is 71.8 Å². The van der Waals surface area contributed by atoms with Crippen LogP contribution in [0.4, 0.5) is 0 Å². The predicted octanol–water partition coefficient (Wildman–Crippen LogP) is 2.35. The highest BCUT2D eigenvalue weighted by atomic mass is 32.2. The van der Waals surface area contributed by atoms with Crippen LogP contribution in [-0.4, -0.2) is 30.1 Å². The van der Waals surface area contributed by atoms with Gasteiger partial charge in [0.1, 0.15) is 12.4 Å². The maximum absolute atomic E-state index is 12.4. The molecule has 0 spiro atoms. The number of nitrogens with zero attached hydrogens (tertiary/aromatic N) is 2. The fourth-order valence-electron chi connectivity index (χ4n) is 2.92. The second kappa shape index (κ2) is 10.0. The van der Waals surface area contributed by atoms with Crippen LogP contribution < -0.4 is 15.0 Å². The third-order valence-corrected chi connectivity index (χ3v) is 5.00. The third-order valence-electron chi connectivity index (χ3n) is 4.40. The highest BCUT2D eigenvalue weighted by molar-refractivity contribution is 7.89. The normalized spacial score (nSPS) is 11.1. The van der Waals surface area contributed by atoms with E-state index in [9.17, 15) is 18.0 Å². The van der Waals surface area contributed by atoms with Gasteiger partial charge in [-0.3, -0.25) is 19.3 Å². The number of aromatic nitrogens is 2. The van der Waals surface area contributed by atoms with Gasteiger partial charge in [-0.15, -0.1) is 0 Å². The van der Waals surface area contributed by atoms with E-state index in [0.717, 1.165) is 23.1 Å². The van der Waals surface area contributed by atoms with Gasteiger partial charge in [-0.25, -0.2) is 8.42 Å². The molecule has 0 saturated heterocycles. The summed E-state index contributed by atoms with van der Waals surface area (Å²) in [5.74, 6) is 0.118. The molecule has 0 bridgehead atoms. The number of hydrogen-bond acceptors (Lipinski definition) is 6. The Balaban J connectivity index is 1.56. The van der Waals surface area contributed by atoms with Crippen molar-refractivity contribution >= 4 is 15.9 Å².